The summed E-state index contributed by atoms with van der Waals surface area (Å²) in [6.45, 7) is 5.62. The Morgan fingerprint density at radius 2 is 2.12 bits per heavy atom. The van der Waals surface area contributed by atoms with E-state index >= 15 is 0 Å². The number of nitrogens with zero attached hydrogens (tertiary/aromatic N) is 1. The third-order valence-corrected chi connectivity index (χ3v) is 5.06. The number of ether oxygens (including phenoxy) is 1. The predicted octanol–water partition coefficient (Wildman–Crippen LogP) is 1.94. The van der Waals surface area contributed by atoms with Crippen molar-refractivity contribution in [2.45, 2.75) is 39.2 Å². The first-order chi connectivity index (χ1) is 11.3. The Hall–Kier alpha value is -1.60. The van der Waals surface area contributed by atoms with Gasteiger partial charge < -0.3 is 10.1 Å². The number of carbonyl (C=O) groups is 1. The van der Waals surface area contributed by atoms with Crippen LogP contribution in [0.25, 0.3) is 0 Å². The van der Waals surface area contributed by atoms with Gasteiger partial charge in [0, 0.05) is 25.3 Å². The van der Waals surface area contributed by atoms with Crippen molar-refractivity contribution in [3.8, 4) is 0 Å². The maximum Gasteiger partial charge on any atom is 0.251 e. The van der Waals surface area contributed by atoms with Crippen molar-refractivity contribution in [3.05, 3.63) is 29.3 Å². The highest BCUT2D eigenvalue weighted by atomic mass is 32.2. The molecule has 1 aliphatic rings. The van der Waals surface area contributed by atoms with Gasteiger partial charge in [-0.1, -0.05) is 0 Å². The number of rotatable bonds is 7. The average molecular weight is 354 g/mol. The highest BCUT2D eigenvalue weighted by Crippen LogP contribution is 2.29. The van der Waals surface area contributed by atoms with E-state index in [4.69, 9.17) is 4.74 Å². The van der Waals surface area contributed by atoms with Crippen LogP contribution in [0.5, 0.6) is 0 Å². The second kappa shape index (κ2) is 7.98. The molecule has 7 heteroatoms. The maximum atomic E-state index is 12.2. The van der Waals surface area contributed by atoms with Gasteiger partial charge in [-0.2, -0.15) is 0 Å². The minimum absolute atomic E-state index is 0.140. The summed E-state index contributed by atoms with van der Waals surface area (Å²) in [6.07, 6.45) is 3.71. The van der Waals surface area contributed by atoms with E-state index in [1.54, 1.807) is 18.2 Å². The summed E-state index contributed by atoms with van der Waals surface area (Å²) >= 11 is 0. The minimum atomic E-state index is -3.28. The van der Waals surface area contributed by atoms with Crippen molar-refractivity contribution in [2.75, 3.05) is 30.3 Å². The average Bonchev–Trinajstić information content (AvgIpc) is 2.52. The number of fused-ring (bicyclic) bond motifs is 1. The highest BCUT2D eigenvalue weighted by Gasteiger charge is 2.24. The van der Waals surface area contributed by atoms with Crippen LogP contribution in [-0.4, -0.2) is 46.4 Å². The lowest BCUT2D eigenvalue weighted by atomic mass is 10.0. The van der Waals surface area contributed by atoms with Crippen molar-refractivity contribution in [1.82, 2.24) is 5.32 Å². The van der Waals surface area contributed by atoms with Crippen molar-refractivity contribution in [2.24, 2.45) is 0 Å². The van der Waals surface area contributed by atoms with Gasteiger partial charge in [-0.25, -0.2) is 8.42 Å². The van der Waals surface area contributed by atoms with Crippen molar-refractivity contribution < 1.29 is 17.9 Å². The molecule has 1 amide bonds. The normalized spacial score (nSPS) is 14.6. The Bertz CT molecular complexity index is 686. The van der Waals surface area contributed by atoms with Crippen LogP contribution in [0, 0.1) is 0 Å². The SMILES string of the molecule is CC(C)OCCCNC(=O)c1ccc2c(c1)CCCN2S(C)(=O)=O. The number of anilines is 1. The number of nitrogens with one attached hydrogen (secondary N) is 1. The van der Waals surface area contributed by atoms with Crippen LogP contribution in [0.1, 0.15) is 42.6 Å². The van der Waals surface area contributed by atoms with E-state index in [9.17, 15) is 13.2 Å². The maximum absolute atomic E-state index is 12.2. The van der Waals surface area contributed by atoms with Crippen LogP contribution < -0.4 is 9.62 Å². The highest BCUT2D eigenvalue weighted by molar-refractivity contribution is 7.92. The van der Waals surface area contributed by atoms with Gasteiger partial charge in [0.25, 0.3) is 5.91 Å². The molecule has 1 N–H and O–H groups in total. The number of carbonyl (C=O) groups excluding carboxylic acids is 1. The van der Waals surface area contributed by atoms with Crippen molar-refractivity contribution in [3.63, 3.8) is 0 Å². The predicted molar refractivity (Wildman–Crippen MR) is 95.0 cm³/mol. The molecule has 0 unspecified atom stereocenters. The fourth-order valence-corrected chi connectivity index (χ4v) is 3.74. The Balaban J connectivity index is 1.99. The van der Waals surface area contributed by atoms with Gasteiger partial charge in [0.2, 0.25) is 10.0 Å². The second-order valence-corrected chi connectivity index (χ2v) is 8.22. The Morgan fingerprint density at radius 3 is 2.79 bits per heavy atom. The fraction of sp³-hybridized carbons (Fsp3) is 0.588. The molecule has 0 aliphatic carbocycles. The third kappa shape index (κ3) is 4.95. The molecule has 1 aromatic carbocycles. The first kappa shape index (κ1) is 18.7. The summed E-state index contributed by atoms with van der Waals surface area (Å²) in [5.74, 6) is -0.140. The number of hydrogen-bond acceptors (Lipinski definition) is 4. The Labute approximate surface area is 144 Å². The molecule has 0 bridgehead atoms. The minimum Gasteiger partial charge on any atom is -0.379 e. The van der Waals surface area contributed by atoms with Gasteiger partial charge in [0.1, 0.15) is 0 Å². The number of amides is 1. The van der Waals surface area contributed by atoms with Crippen LogP contribution in [0.3, 0.4) is 0 Å². The summed E-state index contributed by atoms with van der Waals surface area (Å²) in [5.41, 5.74) is 2.15. The molecule has 0 saturated carbocycles. The molecule has 0 spiro atoms. The van der Waals surface area contributed by atoms with Crippen LogP contribution in [0.2, 0.25) is 0 Å². The van der Waals surface area contributed by atoms with E-state index in [0.717, 1.165) is 24.8 Å². The standard InChI is InChI=1S/C17H26N2O4S/c1-13(2)23-11-5-9-18-17(20)15-7-8-16-14(12-15)6-4-10-19(16)24(3,21)22/h7-8,12-13H,4-6,9-11H2,1-3H3,(H,18,20). The molecule has 6 nitrogen and oxygen atoms in total. The van der Waals surface area contributed by atoms with E-state index in [-0.39, 0.29) is 12.0 Å². The summed E-state index contributed by atoms with van der Waals surface area (Å²) in [5, 5.41) is 2.87. The van der Waals surface area contributed by atoms with Crippen molar-refractivity contribution in [1.29, 1.82) is 0 Å². The lowest BCUT2D eigenvalue weighted by molar-refractivity contribution is 0.0757. The van der Waals surface area contributed by atoms with E-state index in [0.29, 0.717) is 30.9 Å². The molecule has 0 radical (unpaired) electrons. The Morgan fingerprint density at radius 1 is 1.38 bits per heavy atom. The molecule has 1 aromatic rings. The molecule has 1 heterocycles. The summed E-state index contributed by atoms with van der Waals surface area (Å²) in [7, 11) is -3.28. The molecule has 134 valence electrons. The van der Waals surface area contributed by atoms with Gasteiger partial charge in [-0.05, 0) is 56.9 Å². The number of benzene rings is 1. The molecule has 1 aliphatic heterocycles. The summed E-state index contributed by atoms with van der Waals surface area (Å²) < 4.78 is 30.6. The van der Waals surface area contributed by atoms with Gasteiger partial charge in [-0.15, -0.1) is 0 Å². The molecule has 0 saturated heterocycles. The molecule has 24 heavy (non-hydrogen) atoms. The zero-order valence-corrected chi connectivity index (χ0v) is 15.4. The van der Waals surface area contributed by atoms with Crippen LogP contribution in [-0.2, 0) is 21.2 Å². The summed E-state index contributed by atoms with van der Waals surface area (Å²) in [4.78, 5) is 12.2. The van der Waals surface area contributed by atoms with Crippen LogP contribution in [0.4, 0.5) is 5.69 Å². The monoisotopic (exact) mass is 354 g/mol. The quantitative estimate of drug-likeness (QED) is 0.759. The summed E-state index contributed by atoms with van der Waals surface area (Å²) in [6, 6.07) is 5.21. The lowest BCUT2D eigenvalue weighted by Crippen LogP contribution is -2.34. The van der Waals surface area contributed by atoms with Crippen LogP contribution >= 0.6 is 0 Å². The molecular formula is C17H26N2O4S. The van der Waals surface area contributed by atoms with E-state index < -0.39 is 10.0 Å². The van der Waals surface area contributed by atoms with E-state index in [1.807, 2.05) is 13.8 Å². The first-order valence-electron chi connectivity index (χ1n) is 8.29. The smallest absolute Gasteiger partial charge is 0.251 e. The molecular weight excluding hydrogens is 328 g/mol. The number of sulfonamides is 1. The first-order valence-corrected chi connectivity index (χ1v) is 10.1. The van der Waals surface area contributed by atoms with Crippen molar-refractivity contribution >= 4 is 21.6 Å². The zero-order chi connectivity index (χ0) is 17.7. The lowest BCUT2D eigenvalue weighted by Gasteiger charge is -2.29. The zero-order valence-electron chi connectivity index (χ0n) is 14.5. The molecule has 0 fully saturated rings. The Kier molecular flexibility index (Phi) is 6.23. The fourth-order valence-electron chi connectivity index (χ4n) is 2.74. The van der Waals surface area contributed by atoms with E-state index in [1.165, 1.54) is 10.6 Å². The number of aryl methyl sites for hydroxylation is 1. The molecule has 0 aromatic heterocycles. The van der Waals surface area contributed by atoms with Gasteiger partial charge in [0.05, 0.1) is 18.0 Å². The van der Waals surface area contributed by atoms with Crippen LogP contribution in [0.15, 0.2) is 18.2 Å². The largest absolute Gasteiger partial charge is 0.379 e. The van der Waals surface area contributed by atoms with Gasteiger partial charge in [-0.3, -0.25) is 9.10 Å². The molecule has 2 rings (SSSR count). The second-order valence-electron chi connectivity index (χ2n) is 6.31. The topological polar surface area (TPSA) is 75.7 Å². The van der Waals surface area contributed by atoms with E-state index in [2.05, 4.69) is 5.32 Å². The third-order valence-electron chi connectivity index (χ3n) is 3.88. The number of hydrogen-bond donors (Lipinski definition) is 1. The molecule has 0 atom stereocenters. The van der Waals surface area contributed by atoms with Gasteiger partial charge >= 0.3 is 0 Å². The van der Waals surface area contributed by atoms with Gasteiger partial charge in [0.15, 0.2) is 0 Å².